The highest BCUT2D eigenvalue weighted by Gasteiger charge is 2.13. The zero-order valence-electron chi connectivity index (χ0n) is 11.3. The van der Waals surface area contributed by atoms with Crippen molar-refractivity contribution in [3.63, 3.8) is 0 Å². The molecule has 0 radical (unpaired) electrons. The van der Waals surface area contributed by atoms with Crippen molar-refractivity contribution in [1.29, 1.82) is 0 Å². The topological polar surface area (TPSA) is 86.9 Å². The lowest BCUT2D eigenvalue weighted by Crippen LogP contribution is -2.17. The van der Waals surface area contributed by atoms with Crippen LogP contribution in [0.4, 0.5) is 5.69 Å². The summed E-state index contributed by atoms with van der Waals surface area (Å²) in [5.74, 6) is -0.445. The highest BCUT2D eigenvalue weighted by atomic mass is 16.4. The lowest BCUT2D eigenvalue weighted by molar-refractivity contribution is 0.515. The normalized spacial score (nSPS) is 11.1. The van der Waals surface area contributed by atoms with E-state index in [-0.39, 0.29) is 0 Å². The molecule has 0 aliphatic heterocycles. The Morgan fingerprint density at radius 3 is 2.95 bits per heavy atom. The number of aromatic nitrogens is 3. The van der Waals surface area contributed by atoms with Crippen molar-refractivity contribution >= 4 is 16.9 Å². The number of pyridine rings is 2. The van der Waals surface area contributed by atoms with Gasteiger partial charge < -0.3 is 10.2 Å². The molecule has 102 valence electrons. The monoisotopic (exact) mass is 270 g/mol. The van der Waals surface area contributed by atoms with Gasteiger partial charge in [-0.3, -0.25) is 9.55 Å². The summed E-state index contributed by atoms with van der Waals surface area (Å²) in [6.07, 6.45) is 3.33. The van der Waals surface area contributed by atoms with Crippen LogP contribution in [0.15, 0.2) is 33.7 Å². The molecule has 0 bridgehead atoms. The fourth-order valence-electron chi connectivity index (χ4n) is 2.14. The van der Waals surface area contributed by atoms with Crippen molar-refractivity contribution in [3.05, 3.63) is 51.9 Å². The minimum absolute atomic E-state index is 0.291. The fourth-order valence-corrected chi connectivity index (χ4v) is 2.14. The van der Waals surface area contributed by atoms with Gasteiger partial charge in [0.05, 0.1) is 12.2 Å². The Bertz CT molecular complexity index is 848. The number of oxazole rings is 1. The van der Waals surface area contributed by atoms with Crippen LogP contribution in [-0.4, -0.2) is 14.5 Å². The molecule has 3 aromatic heterocycles. The zero-order valence-corrected chi connectivity index (χ0v) is 11.3. The summed E-state index contributed by atoms with van der Waals surface area (Å²) in [5.41, 5.74) is 10.2. The molecule has 2 N–H and O–H groups in total. The number of hydrogen-bond acceptors (Lipinski definition) is 5. The van der Waals surface area contributed by atoms with E-state index in [4.69, 9.17) is 10.2 Å². The molecular weight excluding hydrogens is 256 g/mol. The van der Waals surface area contributed by atoms with E-state index in [2.05, 4.69) is 9.97 Å². The summed E-state index contributed by atoms with van der Waals surface area (Å²) in [6.45, 7) is 4.09. The molecule has 6 heteroatoms. The van der Waals surface area contributed by atoms with Crippen molar-refractivity contribution in [2.24, 2.45) is 0 Å². The molecule has 3 heterocycles. The molecule has 0 aromatic carbocycles. The summed E-state index contributed by atoms with van der Waals surface area (Å²) in [4.78, 5) is 20.4. The van der Waals surface area contributed by atoms with Gasteiger partial charge in [-0.2, -0.15) is 0 Å². The van der Waals surface area contributed by atoms with Gasteiger partial charge in [0, 0.05) is 18.1 Å². The van der Waals surface area contributed by atoms with Gasteiger partial charge in [0.1, 0.15) is 0 Å². The Labute approximate surface area is 114 Å². The van der Waals surface area contributed by atoms with E-state index in [9.17, 15) is 4.79 Å². The number of nitrogens with two attached hydrogens (primary N) is 1. The van der Waals surface area contributed by atoms with Gasteiger partial charge in [-0.25, -0.2) is 9.78 Å². The number of nitrogen functional groups attached to an aromatic ring is 1. The van der Waals surface area contributed by atoms with E-state index in [1.54, 1.807) is 24.5 Å². The van der Waals surface area contributed by atoms with Crippen molar-refractivity contribution in [1.82, 2.24) is 14.5 Å². The first-order valence-corrected chi connectivity index (χ1v) is 6.23. The first-order chi connectivity index (χ1) is 9.58. The lowest BCUT2D eigenvalue weighted by Gasteiger charge is -2.09. The van der Waals surface area contributed by atoms with Gasteiger partial charge in [-0.1, -0.05) is 0 Å². The highest BCUT2D eigenvalue weighted by Crippen LogP contribution is 2.19. The van der Waals surface area contributed by atoms with Gasteiger partial charge in [-0.15, -0.1) is 0 Å². The minimum Gasteiger partial charge on any atom is -0.406 e. The van der Waals surface area contributed by atoms with Crippen molar-refractivity contribution in [3.8, 4) is 0 Å². The largest absolute Gasteiger partial charge is 0.421 e. The van der Waals surface area contributed by atoms with Crippen LogP contribution in [0.1, 0.15) is 16.8 Å². The average molecular weight is 270 g/mol. The maximum Gasteiger partial charge on any atom is 0.421 e. The summed E-state index contributed by atoms with van der Waals surface area (Å²) >= 11 is 0. The summed E-state index contributed by atoms with van der Waals surface area (Å²) in [5, 5.41) is 0. The SMILES string of the molecule is Cc1cnc(Cn2c(=O)oc3cccnc32)c(C)c1N. The fraction of sp³-hybridized carbons (Fsp3) is 0.214. The molecule has 0 atom stereocenters. The van der Waals surface area contributed by atoms with Crippen LogP contribution in [0.25, 0.3) is 11.2 Å². The molecule has 0 aliphatic rings. The average Bonchev–Trinajstić information content (AvgIpc) is 2.76. The second-order valence-corrected chi connectivity index (χ2v) is 4.71. The molecule has 0 fully saturated rings. The predicted molar refractivity (Wildman–Crippen MR) is 75.5 cm³/mol. The number of anilines is 1. The third-order valence-electron chi connectivity index (χ3n) is 3.41. The van der Waals surface area contributed by atoms with Gasteiger partial charge in [0.25, 0.3) is 0 Å². The van der Waals surface area contributed by atoms with Crippen LogP contribution < -0.4 is 11.5 Å². The van der Waals surface area contributed by atoms with Crippen LogP contribution in [0.2, 0.25) is 0 Å². The maximum absolute atomic E-state index is 11.9. The molecule has 3 rings (SSSR count). The Morgan fingerprint density at radius 2 is 2.15 bits per heavy atom. The van der Waals surface area contributed by atoms with E-state index >= 15 is 0 Å². The van der Waals surface area contributed by atoms with E-state index in [0.717, 1.165) is 16.8 Å². The number of hydrogen-bond donors (Lipinski definition) is 1. The van der Waals surface area contributed by atoms with Crippen LogP contribution in [0.3, 0.4) is 0 Å². The first-order valence-electron chi connectivity index (χ1n) is 6.23. The summed E-state index contributed by atoms with van der Waals surface area (Å²) in [6, 6.07) is 3.44. The number of rotatable bonds is 2. The van der Waals surface area contributed by atoms with E-state index in [0.29, 0.717) is 23.5 Å². The molecule has 0 unspecified atom stereocenters. The van der Waals surface area contributed by atoms with E-state index in [1.807, 2.05) is 13.8 Å². The Balaban J connectivity index is 2.13. The molecule has 0 amide bonds. The van der Waals surface area contributed by atoms with Gasteiger partial charge >= 0.3 is 5.76 Å². The van der Waals surface area contributed by atoms with Crippen LogP contribution in [0.5, 0.6) is 0 Å². The maximum atomic E-state index is 11.9. The van der Waals surface area contributed by atoms with E-state index < -0.39 is 5.76 Å². The molecule has 0 spiro atoms. The number of nitrogens with zero attached hydrogens (tertiary/aromatic N) is 3. The molecule has 3 aromatic rings. The quantitative estimate of drug-likeness (QED) is 0.764. The van der Waals surface area contributed by atoms with E-state index in [1.165, 1.54) is 4.57 Å². The second kappa shape index (κ2) is 4.48. The van der Waals surface area contributed by atoms with Crippen LogP contribution >= 0.6 is 0 Å². The van der Waals surface area contributed by atoms with Gasteiger partial charge in [0.15, 0.2) is 11.2 Å². The van der Waals surface area contributed by atoms with Crippen molar-refractivity contribution in [2.75, 3.05) is 5.73 Å². The van der Waals surface area contributed by atoms with Crippen LogP contribution in [-0.2, 0) is 6.54 Å². The van der Waals surface area contributed by atoms with Crippen molar-refractivity contribution < 1.29 is 4.42 Å². The molecule has 20 heavy (non-hydrogen) atoms. The van der Waals surface area contributed by atoms with Gasteiger partial charge in [-0.05, 0) is 37.1 Å². The predicted octanol–water partition coefficient (Wildman–Crippen LogP) is 1.63. The highest BCUT2D eigenvalue weighted by molar-refractivity contribution is 5.67. The lowest BCUT2D eigenvalue weighted by atomic mass is 10.1. The standard InChI is InChI=1S/C14H14N4O2/c1-8-6-17-10(9(2)12(8)15)7-18-13-11(20-14(18)19)4-3-5-16-13/h3-6H,7H2,1-2H3,(H2,15,17). The molecule has 0 saturated heterocycles. The first kappa shape index (κ1) is 12.4. The Hall–Kier alpha value is -2.63. The third kappa shape index (κ3) is 1.85. The summed E-state index contributed by atoms with van der Waals surface area (Å²) < 4.78 is 6.61. The number of fused-ring (bicyclic) bond motifs is 1. The van der Waals surface area contributed by atoms with Crippen molar-refractivity contribution in [2.45, 2.75) is 20.4 Å². The molecule has 6 nitrogen and oxygen atoms in total. The van der Waals surface area contributed by atoms with Crippen LogP contribution in [0, 0.1) is 13.8 Å². The molecule has 0 aliphatic carbocycles. The summed E-state index contributed by atoms with van der Waals surface area (Å²) in [7, 11) is 0. The Morgan fingerprint density at radius 1 is 1.35 bits per heavy atom. The zero-order chi connectivity index (χ0) is 14.3. The number of aryl methyl sites for hydroxylation is 1. The minimum atomic E-state index is -0.445. The van der Waals surface area contributed by atoms with Gasteiger partial charge in [0.2, 0.25) is 0 Å². The Kier molecular flexibility index (Phi) is 2.78. The molecule has 0 saturated carbocycles. The third-order valence-corrected chi connectivity index (χ3v) is 3.41. The molecular formula is C14H14N4O2. The second-order valence-electron chi connectivity index (χ2n) is 4.71. The smallest absolute Gasteiger partial charge is 0.406 e.